The van der Waals surface area contributed by atoms with E-state index < -0.39 is 5.82 Å². The van der Waals surface area contributed by atoms with Gasteiger partial charge in [-0.1, -0.05) is 24.3 Å². The Labute approximate surface area is 112 Å². The second-order valence-electron chi connectivity index (χ2n) is 4.54. The highest BCUT2D eigenvalue weighted by molar-refractivity contribution is 6.00. The molecular weight excluding hydrogens is 241 g/mol. The van der Waals surface area contributed by atoms with Crippen LogP contribution in [-0.2, 0) is 0 Å². The lowest BCUT2D eigenvalue weighted by molar-refractivity contribution is 0.101. The third-order valence-corrected chi connectivity index (χ3v) is 3.18. The van der Waals surface area contributed by atoms with Crippen LogP contribution in [0.25, 0.3) is 0 Å². The summed E-state index contributed by atoms with van der Waals surface area (Å²) in [5, 5.41) is 0. The van der Waals surface area contributed by atoms with Crippen molar-refractivity contribution in [2.45, 2.75) is 13.8 Å². The standard InChI is InChI=1S/C16H16FNO/c1-11-7-4-5-9-14(11)18(3)15-10-6-8-13(17)16(15)12(2)19/h4-10H,1-3H3. The molecule has 0 heterocycles. The number of benzene rings is 2. The molecule has 2 aromatic carbocycles. The molecule has 0 bridgehead atoms. The van der Waals surface area contributed by atoms with Crippen LogP contribution >= 0.6 is 0 Å². The second kappa shape index (κ2) is 5.22. The van der Waals surface area contributed by atoms with Crippen LogP contribution in [0.15, 0.2) is 42.5 Å². The van der Waals surface area contributed by atoms with Crippen LogP contribution in [0.5, 0.6) is 0 Å². The van der Waals surface area contributed by atoms with E-state index in [4.69, 9.17) is 0 Å². The van der Waals surface area contributed by atoms with Crippen molar-refractivity contribution in [3.63, 3.8) is 0 Å². The number of ketones is 1. The fourth-order valence-corrected chi connectivity index (χ4v) is 2.21. The maximum absolute atomic E-state index is 13.8. The SMILES string of the molecule is CC(=O)c1c(F)cccc1N(C)c1ccccc1C. The van der Waals surface area contributed by atoms with Crippen LogP contribution in [0.3, 0.4) is 0 Å². The Balaban J connectivity index is 2.57. The van der Waals surface area contributed by atoms with E-state index in [0.717, 1.165) is 11.3 Å². The first kappa shape index (κ1) is 13.3. The molecule has 0 atom stereocenters. The molecule has 0 aliphatic carbocycles. The summed E-state index contributed by atoms with van der Waals surface area (Å²) in [6.45, 7) is 3.37. The predicted molar refractivity (Wildman–Crippen MR) is 75.6 cm³/mol. The molecule has 3 heteroatoms. The minimum absolute atomic E-state index is 0.133. The van der Waals surface area contributed by atoms with Crippen LogP contribution in [0.1, 0.15) is 22.8 Å². The normalized spacial score (nSPS) is 10.3. The Morgan fingerprint density at radius 2 is 1.68 bits per heavy atom. The van der Waals surface area contributed by atoms with E-state index in [0.29, 0.717) is 5.69 Å². The zero-order valence-corrected chi connectivity index (χ0v) is 11.3. The van der Waals surface area contributed by atoms with E-state index >= 15 is 0 Å². The summed E-state index contributed by atoms with van der Waals surface area (Å²) in [6, 6.07) is 12.5. The summed E-state index contributed by atoms with van der Waals surface area (Å²) < 4.78 is 13.8. The van der Waals surface area contributed by atoms with Gasteiger partial charge in [0, 0.05) is 12.7 Å². The molecule has 0 N–H and O–H groups in total. The van der Waals surface area contributed by atoms with Crippen molar-refractivity contribution in [3.05, 3.63) is 59.4 Å². The minimum atomic E-state index is -0.481. The monoisotopic (exact) mass is 257 g/mol. The summed E-state index contributed by atoms with van der Waals surface area (Å²) in [7, 11) is 1.84. The maximum atomic E-state index is 13.8. The molecule has 0 aliphatic rings. The molecule has 0 unspecified atom stereocenters. The van der Waals surface area contributed by atoms with Gasteiger partial charge in [-0.3, -0.25) is 4.79 Å². The summed E-state index contributed by atoms with van der Waals surface area (Å²) in [5.74, 6) is -0.751. The average Bonchev–Trinajstić information content (AvgIpc) is 2.37. The first-order valence-electron chi connectivity index (χ1n) is 6.11. The highest BCUT2D eigenvalue weighted by atomic mass is 19.1. The first-order valence-corrected chi connectivity index (χ1v) is 6.11. The number of Topliss-reactive ketones (excluding diaryl/α,β-unsaturated/α-hetero) is 1. The van der Waals surface area contributed by atoms with Crippen molar-refractivity contribution in [1.29, 1.82) is 0 Å². The topological polar surface area (TPSA) is 20.3 Å². The lowest BCUT2D eigenvalue weighted by Crippen LogP contribution is -2.15. The number of halogens is 1. The molecule has 0 aromatic heterocycles. The number of anilines is 2. The van der Waals surface area contributed by atoms with Gasteiger partial charge in [0.15, 0.2) is 5.78 Å². The molecule has 0 radical (unpaired) electrons. The second-order valence-corrected chi connectivity index (χ2v) is 4.54. The summed E-state index contributed by atoms with van der Waals surface area (Å²) >= 11 is 0. The Kier molecular flexibility index (Phi) is 3.65. The predicted octanol–water partition coefficient (Wildman–Crippen LogP) is 4.10. The highest BCUT2D eigenvalue weighted by Crippen LogP contribution is 2.30. The number of carbonyl (C=O) groups is 1. The molecule has 98 valence electrons. The molecule has 0 saturated carbocycles. The van der Waals surface area contributed by atoms with E-state index in [1.807, 2.05) is 43.1 Å². The van der Waals surface area contributed by atoms with Gasteiger partial charge in [0.1, 0.15) is 5.82 Å². The van der Waals surface area contributed by atoms with Gasteiger partial charge in [-0.15, -0.1) is 0 Å². The van der Waals surface area contributed by atoms with Gasteiger partial charge in [0.25, 0.3) is 0 Å². The zero-order chi connectivity index (χ0) is 14.0. The molecule has 0 fully saturated rings. The van der Waals surface area contributed by atoms with Gasteiger partial charge in [0.2, 0.25) is 0 Å². The van der Waals surface area contributed by atoms with Crippen molar-refractivity contribution >= 4 is 17.2 Å². The van der Waals surface area contributed by atoms with E-state index in [-0.39, 0.29) is 11.3 Å². The van der Waals surface area contributed by atoms with Crippen molar-refractivity contribution in [3.8, 4) is 0 Å². The highest BCUT2D eigenvalue weighted by Gasteiger charge is 2.17. The Morgan fingerprint density at radius 3 is 2.32 bits per heavy atom. The quantitative estimate of drug-likeness (QED) is 0.771. The molecule has 2 nitrogen and oxygen atoms in total. The number of aryl methyl sites for hydroxylation is 1. The van der Waals surface area contributed by atoms with Gasteiger partial charge in [-0.25, -0.2) is 4.39 Å². The zero-order valence-electron chi connectivity index (χ0n) is 11.3. The summed E-state index contributed by atoms with van der Waals surface area (Å²) in [5.41, 5.74) is 2.74. The molecule has 0 saturated heterocycles. The Bertz CT molecular complexity index is 622. The molecule has 0 amide bonds. The molecule has 2 aromatic rings. The van der Waals surface area contributed by atoms with E-state index in [9.17, 15) is 9.18 Å². The van der Waals surface area contributed by atoms with Crippen LogP contribution in [-0.4, -0.2) is 12.8 Å². The van der Waals surface area contributed by atoms with Crippen LogP contribution < -0.4 is 4.90 Å². The first-order chi connectivity index (χ1) is 9.02. The number of nitrogens with zero attached hydrogens (tertiary/aromatic N) is 1. The van der Waals surface area contributed by atoms with Crippen molar-refractivity contribution < 1.29 is 9.18 Å². The number of rotatable bonds is 3. The van der Waals surface area contributed by atoms with Crippen LogP contribution in [0.4, 0.5) is 15.8 Å². The van der Waals surface area contributed by atoms with Crippen LogP contribution in [0, 0.1) is 12.7 Å². The van der Waals surface area contributed by atoms with Crippen molar-refractivity contribution in [2.24, 2.45) is 0 Å². The van der Waals surface area contributed by atoms with E-state index in [1.54, 1.807) is 12.1 Å². The van der Waals surface area contributed by atoms with Gasteiger partial charge >= 0.3 is 0 Å². The third-order valence-electron chi connectivity index (χ3n) is 3.18. The van der Waals surface area contributed by atoms with Gasteiger partial charge in [0.05, 0.1) is 11.3 Å². The van der Waals surface area contributed by atoms with E-state index in [2.05, 4.69) is 0 Å². The lowest BCUT2D eigenvalue weighted by atomic mass is 10.1. The van der Waals surface area contributed by atoms with Crippen molar-refractivity contribution in [1.82, 2.24) is 0 Å². The van der Waals surface area contributed by atoms with E-state index in [1.165, 1.54) is 13.0 Å². The lowest BCUT2D eigenvalue weighted by Gasteiger charge is -2.23. The van der Waals surface area contributed by atoms with Gasteiger partial charge < -0.3 is 4.90 Å². The minimum Gasteiger partial charge on any atom is -0.344 e. The Hall–Kier alpha value is -2.16. The largest absolute Gasteiger partial charge is 0.344 e. The fraction of sp³-hybridized carbons (Fsp3) is 0.188. The summed E-state index contributed by atoms with van der Waals surface area (Å²) in [6.07, 6.45) is 0. The number of para-hydroxylation sites is 1. The van der Waals surface area contributed by atoms with Crippen molar-refractivity contribution in [2.75, 3.05) is 11.9 Å². The number of hydrogen-bond acceptors (Lipinski definition) is 2. The third kappa shape index (κ3) is 2.50. The Morgan fingerprint density at radius 1 is 1.05 bits per heavy atom. The molecular formula is C16H16FNO. The van der Waals surface area contributed by atoms with Gasteiger partial charge in [-0.2, -0.15) is 0 Å². The average molecular weight is 257 g/mol. The fourth-order valence-electron chi connectivity index (χ4n) is 2.21. The smallest absolute Gasteiger partial charge is 0.164 e. The maximum Gasteiger partial charge on any atom is 0.164 e. The molecule has 0 aliphatic heterocycles. The molecule has 19 heavy (non-hydrogen) atoms. The molecule has 2 rings (SSSR count). The summed E-state index contributed by atoms with van der Waals surface area (Å²) in [4.78, 5) is 13.5. The number of carbonyl (C=O) groups excluding carboxylic acids is 1. The molecule has 0 spiro atoms. The van der Waals surface area contributed by atoms with Gasteiger partial charge in [-0.05, 0) is 37.6 Å². The number of hydrogen-bond donors (Lipinski definition) is 0. The van der Waals surface area contributed by atoms with Crippen LogP contribution in [0.2, 0.25) is 0 Å².